The van der Waals surface area contributed by atoms with Gasteiger partial charge in [0.05, 0.1) is 30.3 Å². The number of hydrogen-bond acceptors (Lipinski definition) is 6. The fraction of sp³-hybridized carbons (Fsp3) is 0.257. The maximum atomic E-state index is 14.4. The highest BCUT2D eigenvalue weighted by atomic mass is 35.5. The van der Waals surface area contributed by atoms with Crippen molar-refractivity contribution in [3.05, 3.63) is 102 Å². The third-order valence-corrected chi connectivity index (χ3v) is 11.3. The number of benzene rings is 3. The van der Waals surface area contributed by atoms with E-state index in [-0.39, 0.29) is 41.5 Å². The maximum Gasteiger partial charge on any atom is 0.258 e. The van der Waals surface area contributed by atoms with Crippen molar-refractivity contribution in [1.29, 1.82) is 0 Å². The minimum atomic E-state index is -2.18. The van der Waals surface area contributed by atoms with Crippen LogP contribution >= 0.6 is 23.2 Å². The number of carbonyl (C=O) groups excluding carboxylic acids is 4. The van der Waals surface area contributed by atoms with E-state index in [1.165, 1.54) is 25.3 Å². The summed E-state index contributed by atoms with van der Waals surface area (Å²) in [5, 5.41) is 11.4. The van der Waals surface area contributed by atoms with Crippen LogP contribution in [0.15, 0.2) is 85.0 Å². The van der Waals surface area contributed by atoms with Crippen LogP contribution in [0, 0.1) is 23.6 Å². The lowest BCUT2D eigenvalue weighted by atomic mass is 9.56. The fourth-order valence-corrected chi connectivity index (χ4v) is 8.62. The fourth-order valence-electron chi connectivity index (χ4n) is 7.70. The van der Waals surface area contributed by atoms with E-state index in [9.17, 15) is 28.7 Å². The van der Waals surface area contributed by atoms with Gasteiger partial charge in [0.1, 0.15) is 5.82 Å². The lowest BCUT2D eigenvalue weighted by Gasteiger charge is -2.50. The first-order valence-corrected chi connectivity index (χ1v) is 15.4. The van der Waals surface area contributed by atoms with Crippen LogP contribution in [0.25, 0.3) is 6.08 Å². The van der Waals surface area contributed by atoms with Crippen LogP contribution in [0.2, 0.25) is 0 Å². The Bertz CT molecular complexity index is 1880. The van der Waals surface area contributed by atoms with Gasteiger partial charge >= 0.3 is 0 Å². The van der Waals surface area contributed by atoms with Crippen LogP contribution in [0.1, 0.15) is 29.9 Å². The first kappa shape index (κ1) is 30.2. The van der Waals surface area contributed by atoms with E-state index in [4.69, 9.17) is 27.9 Å². The molecule has 0 radical (unpaired) electrons. The average molecular weight is 662 g/mol. The zero-order valence-corrected chi connectivity index (χ0v) is 26.0. The SMILES string of the molecule is C=Cc1ccc(N2C(=O)[C@H]3[C@H](CC=C4[C@H]3C[C@@]3(Cl)C(=O)N(c5ccc(F)cc5)C(=O)[C@@]3(Cl)[C@H]4c3cccc(OC)c3O)C2=O)cc1. The highest BCUT2D eigenvalue weighted by Crippen LogP contribution is 2.66. The van der Waals surface area contributed by atoms with Crippen LogP contribution in [0.3, 0.4) is 0 Å². The average Bonchev–Trinajstić information content (AvgIpc) is 3.39. The highest BCUT2D eigenvalue weighted by Gasteiger charge is 2.77. The van der Waals surface area contributed by atoms with E-state index < -0.39 is 57.0 Å². The van der Waals surface area contributed by atoms with E-state index in [1.807, 2.05) is 0 Å². The molecule has 2 heterocycles. The van der Waals surface area contributed by atoms with E-state index in [2.05, 4.69) is 6.58 Å². The standard InChI is InChI=1S/C35H27Cl2FN2O6/c1-3-18-7-11-20(12-8-18)39-30(42)23-16-15-22-25(27(23)31(39)43)17-34(36)32(44)40(21-13-9-19(38)10-14-21)33(45)35(34,37)28(22)24-5-4-6-26(46-2)29(24)41/h3-15,23,25,27-28,41H,1,16-17H2,2H3/t23-,25+,27-,28+,34+,35-/m0/s1. The number of fused-ring (bicyclic) bond motifs is 4. The number of rotatable bonds is 5. The van der Waals surface area contributed by atoms with Gasteiger partial charge in [-0.2, -0.15) is 0 Å². The van der Waals surface area contributed by atoms with Gasteiger partial charge in [-0.05, 0) is 66.8 Å². The molecule has 11 heteroatoms. The van der Waals surface area contributed by atoms with Gasteiger partial charge in [0, 0.05) is 11.5 Å². The number of ether oxygens (including phenoxy) is 1. The van der Waals surface area contributed by atoms with Crippen LogP contribution < -0.4 is 14.5 Å². The topological polar surface area (TPSA) is 104 Å². The predicted octanol–water partition coefficient (Wildman–Crippen LogP) is 5.95. The lowest BCUT2D eigenvalue weighted by molar-refractivity contribution is -0.125. The molecule has 234 valence electrons. The molecule has 2 aliphatic heterocycles. The Morgan fingerprint density at radius 1 is 0.913 bits per heavy atom. The van der Waals surface area contributed by atoms with Crippen LogP contribution in [0.4, 0.5) is 15.8 Å². The van der Waals surface area contributed by atoms with Crippen molar-refractivity contribution in [2.24, 2.45) is 17.8 Å². The molecule has 4 aliphatic rings. The molecular formula is C35H27Cl2FN2O6. The van der Waals surface area contributed by atoms with Gasteiger partial charge in [0.25, 0.3) is 11.8 Å². The molecule has 46 heavy (non-hydrogen) atoms. The number of phenolic OH excluding ortho intramolecular Hbond substituents is 1. The molecule has 8 nitrogen and oxygen atoms in total. The summed E-state index contributed by atoms with van der Waals surface area (Å²) in [7, 11) is 1.37. The Labute approximate surface area is 273 Å². The van der Waals surface area contributed by atoms with E-state index >= 15 is 0 Å². The van der Waals surface area contributed by atoms with Gasteiger partial charge in [-0.15, -0.1) is 23.2 Å². The zero-order chi connectivity index (χ0) is 32.7. The van der Waals surface area contributed by atoms with Crippen molar-refractivity contribution in [3.63, 3.8) is 0 Å². The van der Waals surface area contributed by atoms with Crippen molar-refractivity contribution >= 4 is 64.3 Å². The number of halogens is 3. The molecule has 6 atom stereocenters. The van der Waals surface area contributed by atoms with Crippen molar-refractivity contribution < 1.29 is 33.4 Å². The second-order valence-electron chi connectivity index (χ2n) is 12.0. The molecule has 0 unspecified atom stereocenters. The number of amides is 4. The number of methoxy groups -OCH3 is 1. The molecule has 3 aromatic carbocycles. The van der Waals surface area contributed by atoms with E-state index in [0.29, 0.717) is 11.3 Å². The number of nitrogens with zero attached hydrogens (tertiary/aromatic N) is 2. The molecule has 0 spiro atoms. The Balaban J connectivity index is 1.40. The number of allylic oxidation sites excluding steroid dienone is 2. The number of alkyl halides is 2. The summed E-state index contributed by atoms with van der Waals surface area (Å²) < 4.78 is 19.2. The largest absolute Gasteiger partial charge is 0.504 e. The lowest BCUT2D eigenvalue weighted by Crippen LogP contribution is -2.60. The zero-order valence-electron chi connectivity index (χ0n) is 24.5. The van der Waals surface area contributed by atoms with Gasteiger partial charge < -0.3 is 9.84 Å². The summed E-state index contributed by atoms with van der Waals surface area (Å²) in [5.41, 5.74) is 1.97. The van der Waals surface area contributed by atoms with Crippen molar-refractivity contribution in [2.75, 3.05) is 16.9 Å². The number of imide groups is 2. The Morgan fingerprint density at radius 3 is 2.22 bits per heavy atom. The molecule has 0 aromatic heterocycles. The van der Waals surface area contributed by atoms with Gasteiger partial charge in [0.2, 0.25) is 11.8 Å². The molecule has 4 amide bonds. The molecule has 1 saturated carbocycles. The molecule has 3 fully saturated rings. The van der Waals surface area contributed by atoms with Crippen molar-refractivity contribution in [2.45, 2.75) is 28.5 Å². The highest BCUT2D eigenvalue weighted by molar-refractivity contribution is 6.58. The third-order valence-electron chi connectivity index (χ3n) is 9.84. The minimum Gasteiger partial charge on any atom is -0.504 e. The number of para-hydroxylation sites is 1. The minimum absolute atomic E-state index is 0.0653. The summed E-state index contributed by atoms with van der Waals surface area (Å²) in [6.45, 7) is 3.74. The second-order valence-corrected chi connectivity index (χ2v) is 13.2. The quantitative estimate of drug-likeness (QED) is 0.206. The van der Waals surface area contributed by atoms with E-state index in [0.717, 1.165) is 27.5 Å². The van der Waals surface area contributed by atoms with Gasteiger partial charge in [0.15, 0.2) is 21.2 Å². The summed E-state index contributed by atoms with van der Waals surface area (Å²) >= 11 is 14.7. The third kappa shape index (κ3) is 3.91. The first-order chi connectivity index (χ1) is 22.0. The smallest absolute Gasteiger partial charge is 0.258 e. The summed E-state index contributed by atoms with van der Waals surface area (Å²) in [5.74, 6) is -6.98. The molecule has 0 bridgehead atoms. The van der Waals surface area contributed by atoms with Crippen molar-refractivity contribution in [3.8, 4) is 11.5 Å². The van der Waals surface area contributed by atoms with Gasteiger partial charge in [-0.1, -0.05) is 48.6 Å². The normalized spacial score (nSPS) is 30.1. The number of phenols is 1. The van der Waals surface area contributed by atoms with Crippen LogP contribution in [0.5, 0.6) is 11.5 Å². The summed E-state index contributed by atoms with van der Waals surface area (Å²) in [6, 6.07) is 16.3. The molecular weight excluding hydrogens is 634 g/mol. The maximum absolute atomic E-state index is 14.4. The Hall–Kier alpha value is -4.47. The van der Waals surface area contributed by atoms with Crippen LogP contribution in [-0.4, -0.2) is 45.6 Å². The number of anilines is 2. The molecule has 3 aromatic rings. The van der Waals surface area contributed by atoms with Crippen LogP contribution in [-0.2, 0) is 19.2 Å². The molecule has 2 aliphatic carbocycles. The molecule has 1 N–H and O–H groups in total. The Kier molecular flexibility index (Phi) is 6.92. The van der Waals surface area contributed by atoms with E-state index in [1.54, 1.807) is 48.6 Å². The molecule has 2 saturated heterocycles. The number of aromatic hydroxyl groups is 1. The molecule has 7 rings (SSSR count). The predicted molar refractivity (Wildman–Crippen MR) is 170 cm³/mol. The van der Waals surface area contributed by atoms with Crippen molar-refractivity contribution in [1.82, 2.24) is 0 Å². The number of hydrogen-bond donors (Lipinski definition) is 1. The first-order valence-electron chi connectivity index (χ1n) is 14.7. The van der Waals surface area contributed by atoms with Gasteiger partial charge in [-0.3, -0.25) is 24.1 Å². The summed E-state index contributed by atoms with van der Waals surface area (Å²) in [6.07, 6.45) is 3.35. The second kappa shape index (κ2) is 10.5. The number of carbonyl (C=O) groups is 4. The summed E-state index contributed by atoms with van der Waals surface area (Å²) in [4.78, 5) is 54.5. The van der Waals surface area contributed by atoms with Gasteiger partial charge in [-0.25, -0.2) is 9.29 Å². The monoisotopic (exact) mass is 660 g/mol. The Morgan fingerprint density at radius 2 is 1.57 bits per heavy atom.